The van der Waals surface area contributed by atoms with Gasteiger partial charge in [0.15, 0.2) is 0 Å². The first-order valence-electron chi connectivity index (χ1n) is 5.35. The average Bonchev–Trinajstić information content (AvgIpc) is 2.36. The van der Waals surface area contributed by atoms with E-state index in [1.54, 1.807) is 13.3 Å². The van der Waals surface area contributed by atoms with Gasteiger partial charge in [0, 0.05) is 30.8 Å². The predicted octanol–water partition coefficient (Wildman–Crippen LogP) is 0.705. The molecular formula is C11H18N4O2. The molecule has 0 aromatic carbocycles. The number of aromatic nitrogens is 1. The Balaban J connectivity index is 2.49. The number of nitrogens with zero attached hydrogens (tertiary/aromatic N) is 2. The summed E-state index contributed by atoms with van der Waals surface area (Å²) in [5, 5.41) is 14.6. The van der Waals surface area contributed by atoms with Gasteiger partial charge in [-0.25, -0.2) is 4.98 Å². The Bertz CT molecular complexity index is 381. The van der Waals surface area contributed by atoms with Gasteiger partial charge >= 0.3 is 0 Å². The van der Waals surface area contributed by atoms with Gasteiger partial charge in [-0.2, -0.15) is 0 Å². The van der Waals surface area contributed by atoms with Gasteiger partial charge in [-0.05, 0) is 13.0 Å². The molecule has 94 valence electrons. The van der Waals surface area contributed by atoms with E-state index in [0.717, 1.165) is 5.56 Å². The number of amidine groups is 1. The summed E-state index contributed by atoms with van der Waals surface area (Å²) in [4.78, 5) is 4.10. The van der Waals surface area contributed by atoms with Crippen molar-refractivity contribution >= 4 is 5.84 Å². The lowest BCUT2D eigenvalue weighted by Gasteiger charge is -2.14. The third-order valence-corrected chi connectivity index (χ3v) is 2.33. The Morgan fingerprint density at radius 1 is 1.71 bits per heavy atom. The summed E-state index contributed by atoms with van der Waals surface area (Å²) < 4.78 is 5.14. The molecule has 6 heteroatoms. The van der Waals surface area contributed by atoms with Crippen molar-refractivity contribution in [1.82, 2.24) is 10.3 Å². The first-order valence-corrected chi connectivity index (χ1v) is 5.35. The van der Waals surface area contributed by atoms with Gasteiger partial charge in [0.2, 0.25) is 5.88 Å². The molecule has 1 aromatic heterocycles. The highest BCUT2D eigenvalue weighted by atomic mass is 16.5. The highest BCUT2D eigenvalue weighted by molar-refractivity contribution is 5.80. The van der Waals surface area contributed by atoms with Crippen LogP contribution in [0.4, 0.5) is 0 Å². The quantitative estimate of drug-likeness (QED) is 0.294. The van der Waals surface area contributed by atoms with Gasteiger partial charge in [-0.15, -0.1) is 0 Å². The van der Waals surface area contributed by atoms with E-state index in [4.69, 9.17) is 15.7 Å². The molecule has 0 bridgehead atoms. The third kappa shape index (κ3) is 4.28. The molecule has 0 spiro atoms. The number of hydrogen-bond donors (Lipinski definition) is 3. The average molecular weight is 238 g/mol. The van der Waals surface area contributed by atoms with Gasteiger partial charge < -0.3 is 21.0 Å². The van der Waals surface area contributed by atoms with E-state index in [9.17, 15) is 0 Å². The second-order valence-corrected chi connectivity index (χ2v) is 3.75. The summed E-state index contributed by atoms with van der Waals surface area (Å²) >= 11 is 0. The van der Waals surface area contributed by atoms with Crippen molar-refractivity contribution < 1.29 is 9.94 Å². The van der Waals surface area contributed by atoms with E-state index in [2.05, 4.69) is 15.5 Å². The monoisotopic (exact) mass is 238 g/mol. The molecule has 0 saturated heterocycles. The zero-order valence-corrected chi connectivity index (χ0v) is 10.1. The number of nitrogens with two attached hydrogens (primary N) is 1. The Morgan fingerprint density at radius 2 is 2.47 bits per heavy atom. The van der Waals surface area contributed by atoms with Crippen molar-refractivity contribution in [3.63, 3.8) is 0 Å². The highest BCUT2D eigenvalue weighted by Gasteiger charge is 2.07. The second-order valence-electron chi connectivity index (χ2n) is 3.75. The van der Waals surface area contributed by atoms with Gasteiger partial charge in [0.1, 0.15) is 5.84 Å². The smallest absolute Gasteiger partial charge is 0.217 e. The lowest BCUT2D eigenvalue weighted by Crippen LogP contribution is -2.30. The lowest BCUT2D eigenvalue weighted by molar-refractivity contribution is 0.315. The number of ether oxygens (including phenoxy) is 1. The summed E-state index contributed by atoms with van der Waals surface area (Å²) in [6.45, 7) is 2.58. The standard InChI is InChI=1S/C11H18N4O2/c1-8(6-10(12)15-16)14-7-9-4-3-5-13-11(9)17-2/h3-5,8,14,16H,6-7H2,1-2H3,(H2,12,15). The molecule has 0 fully saturated rings. The molecule has 1 unspecified atom stereocenters. The molecule has 0 aliphatic heterocycles. The van der Waals surface area contributed by atoms with Crippen molar-refractivity contribution in [3.8, 4) is 5.88 Å². The zero-order valence-electron chi connectivity index (χ0n) is 10.1. The number of nitrogens with one attached hydrogen (secondary N) is 1. The van der Waals surface area contributed by atoms with Crippen LogP contribution in [0, 0.1) is 0 Å². The fraction of sp³-hybridized carbons (Fsp3) is 0.455. The van der Waals surface area contributed by atoms with Crippen molar-refractivity contribution in [2.75, 3.05) is 7.11 Å². The fourth-order valence-corrected chi connectivity index (χ4v) is 1.45. The molecule has 0 aliphatic rings. The van der Waals surface area contributed by atoms with Crippen LogP contribution in [0.1, 0.15) is 18.9 Å². The predicted molar refractivity (Wildman–Crippen MR) is 65.1 cm³/mol. The Kier molecular flexibility index (Phi) is 5.22. The molecule has 0 radical (unpaired) electrons. The summed E-state index contributed by atoms with van der Waals surface area (Å²) in [5.41, 5.74) is 6.40. The van der Waals surface area contributed by atoms with Crippen LogP contribution < -0.4 is 15.8 Å². The van der Waals surface area contributed by atoms with Gasteiger partial charge in [0.05, 0.1) is 7.11 Å². The molecule has 0 saturated carbocycles. The van der Waals surface area contributed by atoms with Crippen LogP contribution >= 0.6 is 0 Å². The van der Waals surface area contributed by atoms with Crippen LogP contribution in [0.3, 0.4) is 0 Å². The molecule has 6 nitrogen and oxygen atoms in total. The normalized spacial score (nSPS) is 13.4. The maximum atomic E-state index is 8.46. The largest absolute Gasteiger partial charge is 0.481 e. The van der Waals surface area contributed by atoms with Crippen LogP contribution in [0.5, 0.6) is 5.88 Å². The van der Waals surface area contributed by atoms with Crippen LogP contribution in [-0.2, 0) is 6.54 Å². The van der Waals surface area contributed by atoms with Crippen LogP contribution in [-0.4, -0.2) is 29.2 Å². The summed E-state index contributed by atoms with van der Waals surface area (Å²) in [6.07, 6.45) is 2.17. The SMILES string of the molecule is COc1ncccc1CNC(C)CC(N)=NO. The number of oxime groups is 1. The molecule has 0 amide bonds. The van der Waals surface area contributed by atoms with E-state index in [0.29, 0.717) is 18.8 Å². The maximum absolute atomic E-state index is 8.46. The molecule has 1 aromatic rings. The third-order valence-electron chi connectivity index (χ3n) is 2.33. The number of hydrogen-bond acceptors (Lipinski definition) is 5. The molecule has 17 heavy (non-hydrogen) atoms. The van der Waals surface area contributed by atoms with E-state index < -0.39 is 0 Å². The zero-order chi connectivity index (χ0) is 12.7. The van der Waals surface area contributed by atoms with Crippen molar-refractivity contribution in [1.29, 1.82) is 0 Å². The van der Waals surface area contributed by atoms with E-state index >= 15 is 0 Å². The second kappa shape index (κ2) is 6.70. The van der Waals surface area contributed by atoms with Gasteiger partial charge in [0.25, 0.3) is 0 Å². The van der Waals surface area contributed by atoms with E-state index in [-0.39, 0.29) is 11.9 Å². The Labute approximate surface area is 100 Å². The van der Waals surface area contributed by atoms with Crippen molar-refractivity contribution in [2.24, 2.45) is 10.9 Å². The number of pyridine rings is 1. The molecule has 1 heterocycles. The van der Waals surface area contributed by atoms with E-state index in [1.165, 1.54) is 0 Å². The molecule has 4 N–H and O–H groups in total. The molecule has 1 atom stereocenters. The molecular weight excluding hydrogens is 220 g/mol. The Hall–Kier alpha value is -1.82. The Morgan fingerprint density at radius 3 is 3.12 bits per heavy atom. The summed E-state index contributed by atoms with van der Waals surface area (Å²) in [7, 11) is 1.59. The maximum Gasteiger partial charge on any atom is 0.217 e. The topological polar surface area (TPSA) is 92.8 Å². The van der Waals surface area contributed by atoms with Gasteiger partial charge in [-0.1, -0.05) is 11.2 Å². The van der Waals surface area contributed by atoms with Crippen molar-refractivity contribution in [3.05, 3.63) is 23.9 Å². The van der Waals surface area contributed by atoms with Crippen LogP contribution in [0.15, 0.2) is 23.5 Å². The fourth-order valence-electron chi connectivity index (χ4n) is 1.45. The van der Waals surface area contributed by atoms with E-state index in [1.807, 2.05) is 19.1 Å². The minimum Gasteiger partial charge on any atom is -0.481 e. The first-order chi connectivity index (χ1) is 8.17. The van der Waals surface area contributed by atoms with Crippen LogP contribution in [0.25, 0.3) is 0 Å². The lowest BCUT2D eigenvalue weighted by atomic mass is 10.2. The minimum absolute atomic E-state index is 0.107. The van der Waals surface area contributed by atoms with Crippen molar-refractivity contribution in [2.45, 2.75) is 25.9 Å². The van der Waals surface area contributed by atoms with Gasteiger partial charge in [-0.3, -0.25) is 0 Å². The highest BCUT2D eigenvalue weighted by Crippen LogP contribution is 2.13. The molecule has 1 rings (SSSR count). The number of rotatable bonds is 6. The number of methoxy groups -OCH3 is 1. The summed E-state index contributed by atoms with van der Waals surface area (Å²) in [5.74, 6) is 0.819. The van der Waals surface area contributed by atoms with Crippen LogP contribution in [0.2, 0.25) is 0 Å². The first kappa shape index (κ1) is 13.2. The summed E-state index contributed by atoms with van der Waals surface area (Å²) in [6, 6.07) is 3.90. The molecule has 0 aliphatic carbocycles. The minimum atomic E-state index is 0.107.